The van der Waals surface area contributed by atoms with Crippen molar-refractivity contribution in [3.8, 4) is 11.8 Å². The second kappa shape index (κ2) is 8.44. The van der Waals surface area contributed by atoms with E-state index in [1.807, 2.05) is 0 Å². The summed E-state index contributed by atoms with van der Waals surface area (Å²) in [6, 6.07) is 11.2. The van der Waals surface area contributed by atoms with Crippen molar-refractivity contribution in [3.05, 3.63) is 75.0 Å². The summed E-state index contributed by atoms with van der Waals surface area (Å²) in [6.45, 7) is 0. The van der Waals surface area contributed by atoms with Crippen molar-refractivity contribution < 1.29 is 14.5 Å². The van der Waals surface area contributed by atoms with E-state index in [1.165, 1.54) is 25.2 Å². The Morgan fingerprint density at radius 1 is 1.18 bits per heavy atom. The van der Waals surface area contributed by atoms with Gasteiger partial charge in [-0.15, -0.1) is 0 Å². The van der Waals surface area contributed by atoms with Crippen molar-refractivity contribution in [2.45, 2.75) is 0 Å². The number of nitro groups is 1. The molecule has 9 nitrogen and oxygen atoms in total. The number of carbonyl (C=O) groups excluding carboxylic acids is 1. The quantitative estimate of drug-likeness (QED) is 0.435. The van der Waals surface area contributed by atoms with Crippen LogP contribution in [0.3, 0.4) is 0 Å². The Bertz CT molecular complexity index is 1030. The zero-order valence-electron chi connectivity index (χ0n) is 14.5. The predicted octanol–water partition coefficient (Wildman–Crippen LogP) is 4.04. The van der Waals surface area contributed by atoms with Gasteiger partial charge in [-0.3, -0.25) is 14.9 Å². The van der Waals surface area contributed by atoms with Crippen LogP contribution in [0, 0.1) is 10.1 Å². The van der Waals surface area contributed by atoms with Gasteiger partial charge in [0.1, 0.15) is 11.4 Å². The number of carbonyl (C=O) groups is 1. The van der Waals surface area contributed by atoms with Gasteiger partial charge < -0.3 is 15.4 Å². The number of nitrogens with zero attached hydrogens (tertiary/aromatic N) is 3. The third-order valence-electron chi connectivity index (χ3n) is 3.60. The Morgan fingerprint density at radius 2 is 1.93 bits per heavy atom. The lowest BCUT2D eigenvalue weighted by atomic mass is 10.1. The zero-order chi connectivity index (χ0) is 20.1. The Hall–Kier alpha value is -3.53. The number of hydrogen-bond donors (Lipinski definition) is 2. The summed E-state index contributed by atoms with van der Waals surface area (Å²) in [5.74, 6) is 0.0523. The van der Waals surface area contributed by atoms with Crippen LogP contribution in [0.15, 0.2) is 59.3 Å². The summed E-state index contributed by atoms with van der Waals surface area (Å²) in [4.78, 5) is 30.6. The highest BCUT2D eigenvalue weighted by atomic mass is 79.9. The first kappa shape index (κ1) is 19.2. The first-order valence-electron chi connectivity index (χ1n) is 7.99. The van der Waals surface area contributed by atoms with Crippen LogP contribution in [-0.4, -0.2) is 27.8 Å². The molecule has 0 spiro atoms. The second-order valence-corrected chi connectivity index (χ2v) is 6.42. The summed E-state index contributed by atoms with van der Waals surface area (Å²) in [7, 11) is 1.46. The third kappa shape index (κ3) is 4.60. The second-order valence-electron chi connectivity index (χ2n) is 5.51. The van der Waals surface area contributed by atoms with Gasteiger partial charge in [-0.1, -0.05) is 6.07 Å². The number of nitro benzene ring substituents is 1. The molecule has 1 aromatic heterocycles. The molecule has 2 N–H and O–H groups in total. The van der Waals surface area contributed by atoms with Gasteiger partial charge in [0.2, 0.25) is 0 Å². The summed E-state index contributed by atoms with van der Waals surface area (Å²) in [6.07, 6.45) is 3.11. The summed E-state index contributed by atoms with van der Waals surface area (Å²) in [5.41, 5.74) is 0.785. The standard InChI is InChI=1S/C18H14BrN5O4/c1-20-17(25)11-5-6-15(16(7-11)24(26)27)23-13-3-2-4-14(8-13)28-18-21-9-12(19)10-22-18/h2-10,23H,1H3,(H,20,25). The molecule has 0 bridgehead atoms. The number of hydrogen-bond acceptors (Lipinski definition) is 7. The van der Waals surface area contributed by atoms with Crippen LogP contribution < -0.4 is 15.4 Å². The minimum Gasteiger partial charge on any atom is -0.424 e. The average molecular weight is 444 g/mol. The van der Waals surface area contributed by atoms with Crippen LogP contribution in [0.2, 0.25) is 0 Å². The third-order valence-corrected chi connectivity index (χ3v) is 4.01. The molecule has 0 unspecified atom stereocenters. The van der Waals surface area contributed by atoms with Crippen LogP contribution in [0.25, 0.3) is 0 Å². The molecule has 28 heavy (non-hydrogen) atoms. The van der Waals surface area contributed by atoms with Gasteiger partial charge >= 0.3 is 6.01 Å². The Morgan fingerprint density at radius 3 is 2.61 bits per heavy atom. The molecule has 1 amide bonds. The highest BCUT2D eigenvalue weighted by Crippen LogP contribution is 2.30. The number of ether oxygens (including phenoxy) is 1. The molecular formula is C18H14BrN5O4. The summed E-state index contributed by atoms with van der Waals surface area (Å²) < 4.78 is 6.31. The number of amides is 1. The predicted molar refractivity (Wildman–Crippen MR) is 106 cm³/mol. The molecule has 0 aliphatic rings. The minimum atomic E-state index is -0.551. The molecule has 142 valence electrons. The molecule has 0 aliphatic heterocycles. The van der Waals surface area contributed by atoms with Crippen molar-refractivity contribution in [1.29, 1.82) is 0 Å². The SMILES string of the molecule is CNC(=O)c1ccc(Nc2cccc(Oc3ncc(Br)cn3)c2)c([N+](=O)[O-])c1. The summed E-state index contributed by atoms with van der Waals surface area (Å²) >= 11 is 3.25. The van der Waals surface area contributed by atoms with Gasteiger partial charge in [-0.25, -0.2) is 9.97 Å². The lowest BCUT2D eigenvalue weighted by Gasteiger charge is -2.10. The summed E-state index contributed by atoms with van der Waals surface area (Å²) in [5, 5.41) is 16.8. The Balaban J connectivity index is 1.84. The van der Waals surface area contributed by atoms with Crippen molar-refractivity contribution in [3.63, 3.8) is 0 Å². The molecule has 0 fully saturated rings. The highest BCUT2D eigenvalue weighted by Gasteiger charge is 2.17. The van der Waals surface area contributed by atoms with E-state index in [-0.39, 0.29) is 22.9 Å². The number of halogens is 1. The van der Waals surface area contributed by atoms with Crippen LogP contribution in [0.4, 0.5) is 17.1 Å². The first-order valence-corrected chi connectivity index (χ1v) is 8.78. The van der Waals surface area contributed by atoms with Crippen molar-refractivity contribution >= 4 is 38.9 Å². The zero-order valence-corrected chi connectivity index (χ0v) is 16.1. The van der Waals surface area contributed by atoms with Gasteiger partial charge in [0.25, 0.3) is 11.6 Å². The maximum atomic E-state index is 11.7. The van der Waals surface area contributed by atoms with Crippen LogP contribution in [0.1, 0.15) is 10.4 Å². The van der Waals surface area contributed by atoms with E-state index < -0.39 is 10.8 Å². The fourth-order valence-electron chi connectivity index (χ4n) is 2.33. The lowest BCUT2D eigenvalue weighted by Crippen LogP contribution is -2.17. The Labute approximate surface area is 168 Å². The van der Waals surface area contributed by atoms with Crippen molar-refractivity contribution in [2.75, 3.05) is 12.4 Å². The van der Waals surface area contributed by atoms with Crippen molar-refractivity contribution in [1.82, 2.24) is 15.3 Å². The number of rotatable bonds is 6. The topological polar surface area (TPSA) is 119 Å². The molecule has 0 atom stereocenters. The maximum Gasteiger partial charge on any atom is 0.321 e. The first-order chi connectivity index (χ1) is 13.5. The number of benzene rings is 2. The minimum absolute atomic E-state index is 0.168. The number of aromatic nitrogens is 2. The molecule has 1 heterocycles. The largest absolute Gasteiger partial charge is 0.424 e. The van der Waals surface area contributed by atoms with E-state index in [4.69, 9.17) is 4.74 Å². The van der Waals surface area contributed by atoms with Gasteiger partial charge in [-0.05, 0) is 40.2 Å². The maximum absolute atomic E-state index is 11.7. The molecule has 2 aromatic carbocycles. The van der Waals surface area contributed by atoms with Crippen LogP contribution in [0.5, 0.6) is 11.8 Å². The normalized spacial score (nSPS) is 10.2. The number of anilines is 2. The van der Waals surface area contributed by atoms with E-state index in [0.29, 0.717) is 11.4 Å². The fourth-order valence-corrected chi connectivity index (χ4v) is 2.53. The molecular weight excluding hydrogens is 430 g/mol. The highest BCUT2D eigenvalue weighted by molar-refractivity contribution is 9.10. The van der Waals surface area contributed by atoms with E-state index in [2.05, 4.69) is 36.5 Å². The van der Waals surface area contributed by atoms with Crippen LogP contribution in [-0.2, 0) is 0 Å². The van der Waals surface area contributed by atoms with E-state index >= 15 is 0 Å². The molecule has 3 rings (SSSR count). The van der Waals surface area contributed by atoms with Gasteiger partial charge in [0, 0.05) is 42.8 Å². The van der Waals surface area contributed by atoms with Crippen molar-refractivity contribution in [2.24, 2.45) is 0 Å². The molecule has 0 aliphatic carbocycles. The molecule has 0 saturated heterocycles. The smallest absolute Gasteiger partial charge is 0.321 e. The van der Waals surface area contributed by atoms with E-state index in [9.17, 15) is 14.9 Å². The lowest BCUT2D eigenvalue weighted by molar-refractivity contribution is -0.383. The average Bonchev–Trinajstić information content (AvgIpc) is 2.69. The number of nitrogens with one attached hydrogen (secondary N) is 2. The monoisotopic (exact) mass is 443 g/mol. The molecule has 10 heteroatoms. The molecule has 3 aromatic rings. The van der Waals surface area contributed by atoms with Crippen LogP contribution >= 0.6 is 15.9 Å². The molecule has 0 saturated carbocycles. The van der Waals surface area contributed by atoms with Gasteiger partial charge in [-0.2, -0.15) is 0 Å². The fraction of sp³-hybridized carbons (Fsp3) is 0.0556. The van der Waals surface area contributed by atoms with Gasteiger partial charge in [0.15, 0.2) is 0 Å². The Kier molecular flexibility index (Phi) is 5.80. The molecule has 0 radical (unpaired) electrons. The van der Waals surface area contributed by atoms with Gasteiger partial charge in [0.05, 0.1) is 9.40 Å². The van der Waals surface area contributed by atoms with E-state index in [1.54, 1.807) is 36.7 Å². The van der Waals surface area contributed by atoms with E-state index in [0.717, 1.165) is 4.47 Å².